The maximum atomic E-state index is 10.2. The van der Waals surface area contributed by atoms with Gasteiger partial charge in [-0.15, -0.1) is 12.4 Å². The summed E-state index contributed by atoms with van der Waals surface area (Å²) in [5.41, 5.74) is 8.06. The van der Waals surface area contributed by atoms with Gasteiger partial charge in [-0.05, 0) is 29.2 Å². The van der Waals surface area contributed by atoms with Crippen molar-refractivity contribution >= 4 is 12.4 Å². The van der Waals surface area contributed by atoms with Gasteiger partial charge in [0.15, 0.2) is 11.5 Å². The van der Waals surface area contributed by atoms with E-state index in [1.165, 1.54) is 0 Å². The molecule has 132 valence electrons. The summed E-state index contributed by atoms with van der Waals surface area (Å²) in [4.78, 5) is 0. The van der Waals surface area contributed by atoms with Crippen molar-refractivity contribution in [3.05, 3.63) is 59.7 Å². The maximum absolute atomic E-state index is 10.2. The van der Waals surface area contributed by atoms with Crippen LogP contribution in [0.25, 0.3) is 0 Å². The third-order valence-corrected chi connectivity index (χ3v) is 3.86. The Morgan fingerprint density at radius 1 is 1.04 bits per heavy atom. The summed E-state index contributed by atoms with van der Waals surface area (Å²) in [5.74, 6) is 1.36. The molecule has 24 heavy (non-hydrogen) atoms. The second kappa shape index (κ2) is 9.52. The predicted molar refractivity (Wildman–Crippen MR) is 98.8 cm³/mol. The normalized spacial score (nSPS) is 13.1. The van der Waals surface area contributed by atoms with Crippen molar-refractivity contribution in [3.8, 4) is 11.5 Å². The number of halogens is 1. The fraction of sp³-hybridized carbons (Fsp3) is 0.368. The lowest BCUT2D eigenvalue weighted by atomic mass is 9.94. The fourth-order valence-corrected chi connectivity index (χ4v) is 2.36. The minimum absolute atomic E-state index is 0. The van der Waals surface area contributed by atoms with Gasteiger partial charge in [0, 0.05) is 0 Å². The number of rotatable bonds is 7. The molecule has 0 aliphatic heterocycles. The van der Waals surface area contributed by atoms with Gasteiger partial charge in [-0.1, -0.05) is 50.2 Å². The highest BCUT2D eigenvalue weighted by molar-refractivity contribution is 5.85. The summed E-state index contributed by atoms with van der Waals surface area (Å²) in [6, 6.07) is 15.0. The SMILES string of the molecule is COc1ccc([C@@H](N)[C@@H](O)C(C)C)cc1OCc1ccccc1.Cl. The van der Waals surface area contributed by atoms with Crippen LogP contribution in [0.2, 0.25) is 0 Å². The molecule has 2 aromatic carbocycles. The summed E-state index contributed by atoms with van der Waals surface area (Å²) < 4.78 is 11.2. The third-order valence-electron chi connectivity index (χ3n) is 3.86. The monoisotopic (exact) mass is 351 g/mol. The maximum Gasteiger partial charge on any atom is 0.161 e. The molecule has 0 saturated carbocycles. The Kier molecular flexibility index (Phi) is 8.05. The molecule has 0 bridgehead atoms. The summed E-state index contributed by atoms with van der Waals surface area (Å²) >= 11 is 0. The highest BCUT2D eigenvalue weighted by Crippen LogP contribution is 2.32. The van der Waals surface area contributed by atoms with Gasteiger partial charge in [0.2, 0.25) is 0 Å². The van der Waals surface area contributed by atoms with E-state index in [0.29, 0.717) is 18.1 Å². The predicted octanol–water partition coefficient (Wildman–Crippen LogP) is 3.71. The Morgan fingerprint density at radius 3 is 2.29 bits per heavy atom. The van der Waals surface area contributed by atoms with Crippen LogP contribution in [0.3, 0.4) is 0 Å². The highest BCUT2D eigenvalue weighted by atomic mass is 35.5. The summed E-state index contributed by atoms with van der Waals surface area (Å²) in [5, 5.41) is 10.2. The molecule has 2 atom stereocenters. The quantitative estimate of drug-likeness (QED) is 0.798. The Balaban J connectivity index is 0.00000288. The average Bonchev–Trinajstić information content (AvgIpc) is 2.59. The van der Waals surface area contributed by atoms with Gasteiger partial charge in [0.05, 0.1) is 19.3 Å². The van der Waals surface area contributed by atoms with Crippen LogP contribution in [0.1, 0.15) is 31.0 Å². The van der Waals surface area contributed by atoms with Gasteiger partial charge in [0.25, 0.3) is 0 Å². The molecule has 0 unspecified atom stereocenters. The number of hydrogen-bond donors (Lipinski definition) is 2. The molecule has 0 saturated heterocycles. The molecule has 0 aliphatic carbocycles. The molecular weight excluding hydrogens is 326 g/mol. The van der Waals surface area contributed by atoms with E-state index in [-0.39, 0.29) is 18.3 Å². The van der Waals surface area contributed by atoms with E-state index >= 15 is 0 Å². The minimum atomic E-state index is -0.606. The molecule has 0 aromatic heterocycles. The lowest BCUT2D eigenvalue weighted by Gasteiger charge is -2.23. The number of nitrogens with two attached hydrogens (primary N) is 1. The Hall–Kier alpha value is -1.75. The molecule has 2 aromatic rings. The van der Waals surface area contributed by atoms with Crippen molar-refractivity contribution in [2.24, 2.45) is 11.7 Å². The summed E-state index contributed by atoms with van der Waals surface area (Å²) in [7, 11) is 1.60. The van der Waals surface area contributed by atoms with Gasteiger partial charge in [0.1, 0.15) is 6.61 Å². The zero-order valence-corrected chi connectivity index (χ0v) is 15.1. The van der Waals surface area contributed by atoms with E-state index in [4.69, 9.17) is 15.2 Å². The Morgan fingerprint density at radius 2 is 1.71 bits per heavy atom. The van der Waals surface area contributed by atoms with Crippen LogP contribution in [-0.2, 0) is 6.61 Å². The second-order valence-corrected chi connectivity index (χ2v) is 5.94. The first kappa shape index (κ1) is 20.3. The van der Waals surface area contributed by atoms with E-state index in [0.717, 1.165) is 11.1 Å². The first-order valence-corrected chi connectivity index (χ1v) is 7.81. The van der Waals surface area contributed by atoms with Gasteiger partial charge in [-0.25, -0.2) is 0 Å². The molecular formula is C19H26ClNO3. The topological polar surface area (TPSA) is 64.7 Å². The lowest BCUT2D eigenvalue weighted by Crippen LogP contribution is -2.30. The van der Waals surface area contributed by atoms with Crippen molar-refractivity contribution < 1.29 is 14.6 Å². The third kappa shape index (κ3) is 5.13. The van der Waals surface area contributed by atoms with Crippen molar-refractivity contribution in [1.29, 1.82) is 0 Å². The zero-order chi connectivity index (χ0) is 16.8. The van der Waals surface area contributed by atoms with Crippen LogP contribution in [-0.4, -0.2) is 18.3 Å². The zero-order valence-electron chi connectivity index (χ0n) is 14.3. The molecule has 3 N–H and O–H groups in total. The van der Waals surface area contributed by atoms with Crippen LogP contribution < -0.4 is 15.2 Å². The number of aliphatic hydroxyl groups is 1. The van der Waals surface area contributed by atoms with E-state index < -0.39 is 12.1 Å². The molecule has 0 heterocycles. The first-order valence-electron chi connectivity index (χ1n) is 7.81. The standard InChI is InChI=1S/C19H25NO3.ClH/c1-13(2)19(21)18(20)15-9-10-16(22-3)17(11-15)23-12-14-7-5-4-6-8-14;/h4-11,13,18-19,21H,12,20H2,1-3H3;1H/t18-,19+;/m1./s1. The minimum Gasteiger partial charge on any atom is -0.493 e. The smallest absolute Gasteiger partial charge is 0.161 e. The first-order chi connectivity index (χ1) is 11.0. The largest absolute Gasteiger partial charge is 0.493 e. The van der Waals surface area contributed by atoms with Gasteiger partial charge < -0.3 is 20.3 Å². The van der Waals surface area contributed by atoms with Crippen molar-refractivity contribution in [3.63, 3.8) is 0 Å². The molecule has 0 fully saturated rings. The van der Waals surface area contributed by atoms with Crippen LogP contribution in [0, 0.1) is 5.92 Å². The van der Waals surface area contributed by atoms with E-state index in [1.54, 1.807) is 7.11 Å². The van der Waals surface area contributed by atoms with Crippen LogP contribution in [0.5, 0.6) is 11.5 Å². The number of methoxy groups -OCH3 is 1. The molecule has 0 amide bonds. The summed E-state index contributed by atoms with van der Waals surface area (Å²) in [6.45, 7) is 4.34. The molecule has 2 rings (SSSR count). The van der Waals surface area contributed by atoms with Crippen LogP contribution in [0.4, 0.5) is 0 Å². The average molecular weight is 352 g/mol. The Labute approximate surface area is 150 Å². The van der Waals surface area contributed by atoms with Gasteiger partial charge >= 0.3 is 0 Å². The van der Waals surface area contributed by atoms with Crippen molar-refractivity contribution in [1.82, 2.24) is 0 Å². The number of benzene rings is 2. The summed E-state index contributed by atoms with van der Waals surface area (Å²) in [6.07, 6.45) is -0.606. The molecule has 0 radical (unpaired) electrons. The van der Waals surface area contributed by atoms with Gasteiger partial charge in [-0.2, -0.15) is 0 Å². The van der Waals surface area contributed by atoms with Crippen molar-refractivity contribution in [2.75, 3.05) is 7.11 Å². The molecule has 5 heteroatoms. The van der Waals surface area contributed by atoms with E-state index in [1.807, 2.05) is 62.4 Å². The number of ether oxygens (including phenoxy) is 2. The van der Waals surface area contributed by atoms with Crippen LogP contribution in [0.15, 0.2) is 48.5 Å². The van der Waals surface area contributed by atoms with E-state index in [9.17, 15) is 5.11 Å². The van der Waals surface area contributed by atoms with Gasteiger partial charge in [-0.3, -0.25) is 0 Å². The fourth-order valence-electron chi connectivity index (χ4n) is 2.36. The molecule has 4 nitrogen and oxygen atoms in total. The van der Waals surface area contributed by atoms with Crippen molar-refractivity contribution in [2.45, 2.75) is 32.6 Å². The number of hydrogen-bond acceptors (Lipinski definition) is 4. The Bertz CT molecular complexity index is 619. The molecule has 0 aliphatic rings. The molecule has 0 spiro atoms. The van der Waals surface area contributed by atoms with E-state index in [2.05, 4.69) is 0 Å². The number of aliphatic hydroxyl groups excluding tert-OH is 1. The van der Waals surface area contributed by atoms with Crippen LogP contribution >= 0.6 is 12.4 Å². The highest BCUT2D eigenvalue weighted by Gasteiger charge is 2.21. The second-order valence-electron chi connectivity index (χ2n) is 5.94. The lowest BCUT2D eigenvalue weighted by molar-refractivity contribution is 0.0978.